The summed E-state index contributed by atoms with van der Waals surface area (Å²) in [5.74, 6) is 0.462. The van der Waals surface area contributed by atoms with Crippen LogP contribution < -0.4 is 0 Å². The van der Waals surface area contributed by atoms with Crippen molar-refractivity contribution in [2.45, 2.75) is 37.2 Å². The fourth-order valence-corrected chi connectivity index (χ4v) is 4.50. The number of aliphatic hydroxyl groups excluding tert-OH is 4. The summed E-state index contributed by atoms with van der Waals surface area (Å²) in [6.45, 7) is 0.0816. The summed E-state index contributed by atoms with van der Waals surface area (Å²) in [7, 11) is 0. The van der Waals surface area contributed by atoms with Gasteiger partial charge >= 0.3 is 0 Å². The summed E-state index contributed by atoms with van der Waals surface area (Å²) in [6.07, 6.45) is -6.64. The molecule has 5 rings (SSSR count). The number of benzene rings is 2. The maximum Gasteiger partial charge on any atom is 0.218 e. The number of nitrogens with one attached hydrogen (secondary N) is 1. The lowest BCUT2D eigenvalue weighted by Gasteiger charge is -2.39. The lowest BCUT2D eigenvalue weighted by atomic mass is 9.98. The Hall–Kier alpha value is -2.86. The van der Waals surface area contributed by atoms with E-state index < -0.39 is 37.3 Å². The quantitative estimate of drug-likeness (QED) is 0.281. The minimum absolute atomic E-state index is 0.103. The first-order valence-electron chi connectivity index (χ1n) is 10.6. The molecule has 4 aromatic rings. The van der Waals surface area contributed by atoms with Crippen LogP contribution in [0.2, 0.25) is 0 Å². The topological polar surface area (TPSA) is 129 Å². The molecular formula is C23H24N4O5S. The molecule has 33 heavy (non-hydrogen) atoms. The highest BCUT2D eigenvalue weighted by molar-refractivity contribution is 7.71. The second-order valence-corrected chi connectivity index (χ2v) is 8.47. The molecule has 0 amide bonds. The summed E-state index contributed by atoms with van der Waals surface area (Å²) in [5, 5.41) is 44.4. The predicted octanol–water partition coefficient (Wildman–Crippen LogP) is 1.58. The molecule has 172 valence electrons. The zero-order valence-electron chi connectivity index (χ0n) is 17.5. The second kappa shape index (κ2) is 8.82. The number of ether oxygens (including phenoxy) is 1. The van der Waals surface area contributed by atoms with Gasteiger partial charge in [-0.2, -0.15) is 4.98 Å². The summed E-state index contributed by atoms with van der Waals surface area (Å²) >= 11 is 5.42. The number of hydrogen-bond acceptors (Lipinski definition) is 7. The predicted molar refractivity (Wildman–Crippen MR) is 123 cm³/mol. The third kappa shape index (κ3) is 3.90. The van der Waals surface area contributed by atoms with Crippen molar-refractivity contribution in [2.75, 3.05) is 6.61 Å². The first-order valence-corrected chi connectivity index (χ1v) is 11.0. The molecule has 1 aliphatic heterocycles. The number of aromatic amines is 1. The highest BCUT2D eigenvalue weighted by Crippen LogP contribution is 2.31. The van der Waals surface area contributed by atoms with Crippen LogP contribution in [-0.2, 0) is 11.3 Å². The molecule has 2 aromatic heterocycles. The molecule has 9 nitrogen and oxygen atoms in total. The van der Waals surface area contributed by atoms with Crippen LogP contribution in [0.4, 0.5) is 0 Å². The number of para-hydroxylation sites is 1. The molecule has 0 spiro atoms. The zero-order valence-corrected chi connectivity index (χ0v) is 18.3. The largest absolute Gasteiger partial charge is 0.394 e. The normalized spacial score (nSPS) is 25.5. The van der Waals surface area contributed by atoms with Crippen LogP contribution in [0.15, 0.2) is 60.7 Å². The van der Waals surface area contributed by atoms with Gasteiger partial charge in [-0.15, -0.1) is 0 Å². The Morgan fingerprint density at radius 2 is 1.70 bits per heavy atom. The standard InChI is InChI=1S/C23H24N4O5S/c28-12-17-18(29)19(30)20(31)22(32-17)27-23(33)24-21(25-27)16-10-14-8-4-5-9-15(14)26(16)11-13-6-2-1-3-7-13/h1-10,17-20,22,28-31H,11-12H2,(H,24,25,33)/t17-,18+,19+,20-,22-/m1/s1. The molecule has 1 aliphatic rings. The third-order valence-electron chi connectivity index (χ3n) is 6.00. The summed E-state index contributed by atoms with van der Waals surface area (Å²) in [4.78, 5) is 4.49. The minimum Gasteiger partial charge on any atom is -0.394 e. The van der Waals surface area contributed by atoms with Crippen molar-refractivity contribution in [1.29, 1.82) is 0 Å². The van der Waals surface area contributed by atoms with Crippen LogP contribution in [0.5, 0.6) is 0 Å². The number of fused-ring (bicyclic) bond motifs is 1. The van der Waals surface area contributed by atoms with Gasteiger partial charge in [-0.3, -0.25) is 5.10 Å². The van der Waals surface area contributed by atoms with Crippen LogP contribution in [-0.4, -0.2) is 70.8 Å². The molecule has 0 saturated carbocycles. The average molecular weight is 469 g/mol. The highest BCUT2D eigenvalue weighted by Gasteiger charge is 2.45. The Morgan fingerprint density at radius 3 is 2.45 bits per heavy atom. The van der Waals surface area contributed by atoms with E-state index in [9.17, 15) is 20.4 Å². The Labute approximate surface area is 194 Å². The number of rotatable bonds is 5. The van der Waals surface area contributed by atoms with Gasteiger partial charge in [-0.05, 0) is 29.9 Å². The molecule has 3 heterocycles. The van der Waals surface area contributed by atoms with Crippen LogP contribution in [0.3, 0.4) is 0 Å². The van der Waals surface area contributed by atoms with Gasteiger partial charge in [0, 0.05) is 17.4 Å². The van der Waals surface area contributed by atoms with Gasteiger partial charge in [0.1, 0.15) is 24.4 Å². The van der Waals surface area contributed by atoms with Crippen LogP contribution in [0.1, 0.15) is 11.8 Å². The Kier molecular flexibility index (Phi) is 5.87. The first kappa shape index (κ1) is 22.0. The van der Waals surface area contributed by atoms with Crippen molar-refractivity contribution < 1.29 is 25.2 Å². The van der Waals surface area contributed by atoms with Crippen molar-refractivity contribution in [3.8, 4) is 11.5 Å². The van der Waals surface area contributed by atoms with Crippen molar-refractivity contribution in [3.05, 3.63) is 71.0 Å². The van der Waals surface area contributed by atoms with Crippen LogP contribution in [0, 0.1) is 4.77 Å². The van der Waals surface area contributed by atoms with Gasteiger partial charge < -0.3 is 29.7 Å². The molecule has 5 N–H and O–H groups in total. The number of aromatic nitrogens is 4. The van der Waals surface area contributed by atoms with E-state index in [-0.39, 0.29) is 4.77 Å². The second-order valence-electron chi connectivity index (χ2n) is 8.10. The van der Waals surface area contributed by atoms with Gasteiger partial charge in [0.2, 0.25) is 4.77 Å². The molecular weight excluding hydrogens is 444 g/mol. The molecule has 0 aliphatic carbocycles. The van der Waals surface area contributed by atoms with Crippen molar-refractivity contribution in [1.82, 2.24) is 19.3 Å². The third-order valence-corrected chi connectivity index (χ3v) is 6.29. The van der Waals surface area contributed by atoms with E-state index in [1.54, 1.807) is 0 Å². The first-order chi connectivity index (χ1) is 16.0. The maximum atomic E-state index is 10.5. The highest BCUT2D eigenvalue weighted by atomic mass is 32.1. The summed E-state index contributed by atoms with van der Waals surface area (Å²) < 4.78 is 9.19. The van der Waals surface area contributed by atoms with Crippen molar-refractivity contribution >= 4 is 23.1 Å². The average Bonchev–Trinajstić information content (AvgIpc) is 3.39. The minimum atomic E-state index is -1.51. The van der Waals surface area contributed by atoms with E-state index in [2.05, 4.69) is 14.6 Å². The molecule has 0 bridgehead atoms. The van der Waals surface area contributed by atoms with Crippen molar-refractivity contribution in [2.24, 2.45) is 0 Å². The van der Waals surface area contributed by atoms with Gasteiger partial charge in [0.25, 0.3) is 0 Å². The monoisotopic (exact) mass is 468 g/mol. The Morgan fingerprint density at radius 1 is 0.970 bits per heavy atom. The Bertz CT molecular complexity index is 1320. The zero-order chi connectivity index (χ0) is 23.1. The van der Waals surface area contributed by atoms with Gasteiger partial charge in [0.15, 0.2) is 12.1 Å². The number of nitrogens with zero attached hydrogens (tertiary/aromatic N) is 3. The molecule has 0 radical (unpaired) electrons. The van der Waals surface area contributed by atoms with Crippen LogP contribution >= 0.6 is 12.2 Å². The lowest BCUT2D eigenvalue weighted by molar-refractivity contribution is -0.254. The van der Waals surface area contributed by atoms with E-state index in [1.165, 1.54) is 4.68 Å². The van der Waals surface area contributed by atoms with E-state index in [0.717, 1.165) is 22.2 Å². The van der Waals surface area contributed by atoms with E-state index in [1.807, 2.05) is 60.7 Å². The van der Waals surface area contributed by atoms with Gasteiger partial charge in [-0.25, -0.2) is 4.68 Å². The number of aliphatic hydroxyl groups is 4. The summed E-state index contributed by atoms with van der Waals surface area (Å²) in [5.41, 5.74) is 2.93. The van der Waals surface area contributed by atoms with E-state index in [0.29, 0.717) is 12.4 Å². The molecule has 2 aromatic carbocycles. The number of H-pyrrole nitrogens is 1. The Balaban J connectivity index is 1.58. The van der Waals surface area contributed by atoms with Gasteiger partial charge in [0.05, 0.1) is 12.3 Å². The van der Waals surface area contributed by atoms with Crippen LogP contribution in [0.25, 0.3) is 22.4 Å². The summed E-state index contributed by atoms with van der Waals surface area (Å²) in [6, 6.07) is 20.0. The fraction of sp³-hybridized carbons (Fsp3) is 0.304. The number of hydrogen-bond donors (Lipinski definition) is 5. The molecule has 1 saturated heterocycles. The van der Waals surface area contributed by atoms with Crippen molar-refractivity contribution in [3.63, 3.8) is 0 Å². The smallest absolute Gasteiger partial charge is 0.218 e. The molecule has 0 unspecified atom stereocenters. The van der Waals surface area contributed by atoms with E-state index in [4.69, 9.17) is 17.0 Å². The molecule has 10 heteroatoms. The molecule has 5 atom stereocenters. The lowest BCUT2D eigenvalue weighted by Crippen LogP contribution is -2.56. The van der Waals surface area contributed by atoms with E-state index >= 15 is 0 Å². The SMILES string of the molecule is OC[C@H]1O[C@@H](n2[nH]c(-c3cc4ccccc4n3Cc3ccccc3)nc2=S)[C@H](O)[C@@H](O)[C@H]1O. The fourth-order valence-electron chi connectivity index (χ4n) is 4.26. The molecule has 1 fully saturated rings. The maximum absolute atomic E-state index is 10.5. The van der Waals surface area contributed by atoms with Gasteiger partial charge in [-0.1, -0.05) is 48.5 Å².